The van der Waals surface area contributed by atoms with E-state index in [2.05, 4.69) is 14.5 Å². The Hall–Kier alpha value is -2.08. The molecule has 1 saturated heterocycles. The summed E-state index contributed by atoms with van der Waals surface area (Å²) in [5.74, 6) is -0.845. The highest BCUT2D eigenvalue weighted by molar-refractivity contribution is 5.85. The summed E-state index contributed by atoms with van der Waals surface area (Å²) in [5.41, 5.74) is 0.395. The molecule has 6 nitrogen and oxygen atoms in total. The van der Waals surface area contributed by atoms with Gasteiger partial charge < -0.3 is 19.1 Å². The van der Waals surface area contributed by atoms with Crippen LogP contribution in [0.5, 0.6) is 0 Å². The Balaban J connectivity index is 1.53. The number of piperidine rings is 1. The van der Waals surface area contributed by atoms with Gasteiger partial charge in [-0.15, -0.1) is 0 Å². The molecule has 0 aromatic carbocycles. The van der Waals surface area contributed by atoms with E-state index in [0.29, 0.717) is 11.7 Å². The summed E-state index contributed by atoms with van der Waals surface area (Å²) in [7, 11) is 0. The van der Waals surface area contributed by atoms with Crippen LogP contribution in [0.4, 0.5) is 0 Å². The Bertz CT molecular complexity index is 583. The van der Waals surface area contributed by atoms with Gasteiger partial charge in [0.1, 0.15) is 5.69 Å². The second kappa shape index (κ2) is 6.13. The van der Waals surface area contributed by atoms with Gasteiger partial charge in [0.05, 0.1) is 6.33 Å². The highest BCUT2D eigenvalue weighted by Crippen LogP contribution is 2.24. The first-order valence-electron chi connectivity index (χ1n) is 7.32. The maximum absolute atomic E-state index is 11.2. The van der Waals surface area contributed by atoms with E-state index in [0.717, 1.165) is 39.0 Å². The number of imidazole rings is 1. The molecule has 0 radical (unpaired) electrons. The van der Waals surface area contributed by atoms with Gasteiger partial charge in [0, 0.05) is 50.8 Å². The van der Waals surface area contributed by atoms with Crippen LogP contribution in [0, 0.1) is 0 Å². The Kier molecular flexibility index (Phi) is 4.06. The van der Waals surface area contributed by atoms with Crippen molar-refractivity contribution >= 4 is 5.97 Å². The average molecular weight is 288 g/mol. The summed E-state index contributed by atoms with van der Waals surface area (Å²) in [4.78, 5) is 17.7. The van der Waals surface area contributed by atoms with Crippen molar-refractivity contribution in [1.29, 1.82) is 0 Å². The lowest BCUT2D eigenvalue weighted by atomic mass is 10.0. The quantitative estimate of drug-likeness (QED) is 0.910. The van der Waals surface area contributed by atoms with Crippen LogP contribution in [0.1, 0.15) is 29.4 Å². The molecule has 1 aliphatic rings. The van der Waals surface area contributed by atoms with Crippen LogP contribution >= 0.6 is 0 Å². The van der Waals surface area contributed by atoms with Gasteiger partial charge >= 0.3 is 5.97 Å². The van der Waals surface area contributed by atoms with Crippen molar-refractivity contribution in [2.45, 2.75) is 25.4 Å². The first-order chi connectivity index (χ1) is 10.2. The topological polar surface area (TPSA) is 63.3 Å². The Morgan fingerprint density at radius 1 is 1.29 bits per heavy atom. The fourth-order valence-corrected chi connectivity index (χ4v) is 2.99. The molecule has 0 spiro atoms. The van der Waals surface area contributed by atoms with Gasteiger partial charge in [-0.25, -0.2) is 9.78 Å². The number of rotatable bonds is 5. The number of aromatic carboxylic acids is 1. The molecule has 0 atom stereocenters. The van der Waals surface area contributed by atoms with Crippen LogP contribution in [0.15, 0.2) is 37.1 Å². The normalized spacial score (nSPS) is 17.1. The van der Waals surface area contributed by atoms with Crippen LogP contribution in [-0.2, 0) is 6.54 Å². The van der Waals surface area contributed by atoms with Crippen LogP contribution in [0.2, 0.25) is 0 Å². The highest BCUT2D eigenvalue weighted by Gasteiger charge is 2.22. The van der Waals surface area contributed by atoms with Gasteiger partial charge in [-0.3, -0.25) is 0 Å². The standard InChI is InChI=1S/C15H20N4O2/c20-15(21)14-2-1-6-19(14)13-3-7-17(8-4-13)10-11-18-9-5-16-12-18/h1-2,5-6,9,12-13H,3-4,7-8,10-11H2,(H,20,21). The molecule has 1 N–H and O–H groups in total. The molecular weight excluding hydrogens is 268 g/mol. The maximum Gasteiger partial charge on any atom is 0.352 e. The Labute approximate surface area is 123 Å². The predicted molar refractivity (Wildman–Crippen MR) is 78.3 cm³/mol. The van der Waals surface area contributed by atoms with Gasteiger partial charge in [-0.2, -0.15) is 0 Å². The van der Waals surface area contributed by atoms with Gasteiger partial charge in [-0.05, 0) is 25.0 Å². The van der Waals surface area contributed by atoms with Crippen molar-refractivity contribution in [3.63, 3.8) is 0 Å². The molecule has 0 bridgehead atoms. The summed E-state index contributed by atoms with van der Waals surface area (Å²) < 4.78 is 4.00. The number of carboxylic acid groups (broad SMARTS) is 1. The second-order valence-electron chi connectivity index (χ2n) is 5.48. The molecule has 0 saturated carbocycles. The van der Waals surface area contributed by atoms with Crippen LogP contribution in [0.25, 0.3) is 0 Å². The number of carbonyl (C=O) groups is 1. The molecule has 112 valence electrons. The lowest BCUT2D eigenvalue weighted by Gasteiger charge is -2.33. The molecule has 3 rings (SSSR count). The van der Waals surface area contributed by atoms with E-state index in [9.17, 15) is 9.90 Å². The minimum absolute atomic E-state index is 0.301. The van der Waals surface area contributed by atoms with Crippen molar-refractivity contribution in [2.24, 2.45) is 0 Å². The molecule has 3 heterocycles. The number of nitrogens with zero attached hydrogens (tertiary/aromatic N) is 4. The van der Waals surface area contributed by atoms with Crippen LogP contribution in [0.3, 0.4) is 0 Å². The molecule has 6 heteroatoms. The molecular formula is C15H20N4O2. The van der Waals surface area contributed by atoms with Crippen molar-refractivity contribution in [1.82, 2.24) is 19.0 Å². The molecule has 21 heavy (non-hydrogen) atoms. The highest BCUT2D eigenvalue weighted by atomic mass is 16.4. The molecule has 1 fully saturated rings. The van der Waals surface area contributed by atoms with Crippen molar-refractivity contribution in [2.75, 3.05) is 19.6 Å². The first-order valence-corrected chi connectivity index (χ1v) is 7.32. The molecule has 2 aromatic heterocycles. The summed E-state index contributed by atoms with van der Waals surface area (Å²) in [6, 6.07) is 3.79. The fraction of sp³-hybridized carbons (Fsp3) is 0.467. The fourth-order valence-electron chi connectivity index (χ4n) is 2.99. The molecule has 0 unspecified atom stereocenters. The zero-order chi connectivity index (χ0) is 14.7. The van der Waals surface area contributed by atoms with E-state index >= 15 is 0 Å². The summed E-state index contributed by atoms with van der Waals surface area (Å²) in [6.07, 6.45) is 9.50. The second-order valence-corrected chi connectivity index (χ2v) is 5.48. The number of hydrogen-bond acceptors (Lipinski definition) is 3. The smallest absolute Gasteiger partial charge is 0.352 e. The predicted octanol–water partition coefficient (Wildman–Crippen LogP) is 1.72. The van der Waals surface area contributed by atoms with E-state index in [4.69, 9.17) is 0 Å². The number of likely N-dealkylation sites (tertiary alicyclic amines) is 1. The van der Waals surface area contributed by atoms with Crippen molar-refractivity contribution in [3.8, 4) is 0 Å². The average Bonchev–Trinajstić information content (AvgIpc) is 3.17. The third-order valence-corrected chi connectivity index (χ3v) is 4.18. The van der Waals surface area contributed by atoms with Crippen LogP contribution in [-0.4, -0.2) is 49.7 Å². The lowest BCUT2D eigenvalue weighted by Crippen LogP contribution is -2.36. The molecule has 0 aliphatic carbocycles. The Morgan fingerprint density at radius 2 is 2.10 bits per heavy atom. The third kappa shape index (κ3) is 3.16. The largest absolute Gasteiger partial charge is 0.477 e. The van der Waals surface area contributed by atoms with E-state index in [-0.39, 0.29) is 0 Å². The number of carboxylic acids is 1. The maximum atomic E-state index is 11.2. The SMILES string of the molecule is O=C(O)c1cccn1C1CCN(CCn2ccnc2)CC1. The monoisotopic (exact) mass is 288 g/mol. The minimum atomic E-state index is -0.845. The van der Waals surface area contributed by atoms with Gasteiger partial charge in [0.15, 0.2) is 0 Å². The zero-order valence-corrected chi connectivity index (χ0v) is 11.9. The van der Waals surface area contributed by atoms with Crippen LogP contribution < -0.4 is 0 Å². The third-order valence-electron chi connectivity index (χ3n) is 4.18. The van der Waals surface area contributed by atoms with Gasteiger partial charge in [-0.1, -0.05) is 0 Å². The Morgan fingerprint density at radius 3 is 2.76 bits per heavy atom. The van der Waals surface area contributed by atoms with E-state index in [1.165, 1.54) is 0 Å². The minimum Gasteiger partial charge on any atom is -0.477 e. The number of aromatic nitrogens is 3. The molecule has 0 amide bonds. The number of hydrogen-bond donors (Lipinski definition) is 1. The molecule has 1 aliphatic heterocycles. The van der Waals surface area contributed by atoms with E-state index in [1.54, 1.807) is 12.3 Å². The summed E-state index contributed by atoms with van der Waals surface area (Å²) in [5, 5.41) is 9.19. The summed E-state index contributed by atoms with van der Waals surface area (Å²) in [6.45, 7) is 3.99. The molecule has 2 aromatic rings. The van der Waals surface area contributed by atoms with Gasteiger partial charge in [0.2, 0.25) is 0 Å². The first kappa shape index (κ1) is 13.9. The van der Waals surface area contributed by atoms with E-state index in [1.807, 2.05) is 29.4 Å². The van der Waals surface area contributed by atoms with Crippen molar-refractivity contribution < 1.29 is 9.90 Å². The summed E-state index contributed by atoms with van der Waals surface area (Å²) >= 11 is 0. The van der Waals surface area contributed by atoms with Gasteiger partial charge in [0.25, 0.3) is 0 Å². The zero-order valence-electron chi connectivity index (χ0n) is 11.9. The lowest BCUT2D eigenvalue weighted by molar-refractivity contribution is 0.0678. The van der Waals surface area contributed by atoms with E-state index < -0.39 is 5.97 Å². The van der Waals surface area contributed by atoms with Crippen molar-refractivity contribution in [3.05, 3.63) is 42.7 Å².